The lowest BCUT2D eigenvalue weighted by atomic mass is 10.1. The molecule has 1 N–H and O–H groups in total. The third-order valence-electron chi connectivity index (χ3n) is 3.14. The van der Waals surface area contributed by atoms with E-state index in [9.17, 15) is 5.11 Å². The number of phenolic OH excluding ortho intramolecular Hbond substituents is 1. The van der Waals surface area contributed by atoms with Crippen molar-refractivity contribution in [1.82, 2.24) is 0 Å². The Hall–Kier alpha value is -1.82. The number of unbranched alkanes of at least 4 members (excludes halogenated alkanes) is 3. The van der Waals surface area contributed by atoms with Crippen molar-refractivity contribution in [3.63, 3.8) is 0 Å². The number of hydrogen-bond acceptors (Lipinski definition) is 5. The van der Waals surface area contributed by atoms with E-state index in [1.54, 1.807) is 12.1 Å². The molecule has 0 aromatic heterocycles. The van der Waals surface area contributed by atoms with Crippen molar-refractivity contribution in [3.05, 3.63) is 36.4 Å². The molecule has 0 unspecified atom stereocenters. The smallest absolute Gasteiger partial charge is 0.176 e. The normalized spacial score (nSPS) is 10.9. The number of fused-ring (bicyclic) bond motifs is 1. The fourth-order valence-electron chi connectivity index (χ4n) is 2.02. The predicted molar refractivity (Wildman–Crippen MR) is 78.5 cm³/mol. The van der Waals surface area contributed by atoms with E-state index in [-0.39, 0.29) is 5.75 Å². The third-order valence-corrected chi connectivity index (χ3v) is 3.14. The molecule has 5 nitrogen and oxygen atoms in total. The van der Waals surface area contributed by atoms with Crippen molar-refractivity contribution in [2.24, 2.45) is 0 Å². The molecule has 0 bridgehead atoms. The Morgan fingerprint density at radius 3 is 2.52 bits per heavy atom. The Morgan fingerprint density at radius 1 is 0.905 bits per heavy atom. The van der Waals surface area contributed by atoms with Crippen LogP contribution in [0.2, 0.25) is 0 Å². The van der Waals surface area contributed by atoms with E-state index in [0.717, 1.165) is 18.2 Å². The highest BCUT2D eigenvalue weighted by Crippen LogP contribution is 2.32. The molecule has 0 heterocycles. The molecule has 114 valence electrons. The molecule has 0 aliphatic rings. The van der Waals surface area contributed by atoms with E-state index < -0.39 is 0 Å². The average Bonchev–Trinajstić information content (AvgIpc) is 2.52. The summed E-state index contributed by atoms with van der Waals surface area (Å²) in [7, 11) is 0. The second kappa shape index (κ2) is 8.46. The lowest BCUT2D eigenvalue weighted by Gasteiger charge is -2.07. The summed E-state index contributed by atoms with van der Waals surface area (Å²) in [6, 6.07) is 10.4. The highest BCUT2D eigenvalue weighted by molar-refractivity contribution is 5.92. The standard InChI is InChI=1S/C16H20O5/c1-2-3-4-7-12-18-20-21-19-16-11-10-15(17)13-8-5-6-9-14(13)16/h5-6,8-11,17H,2-4,7,12H2,1H3. The maximum Gasteiger partial charge on any atom is 0.176 e. The van der Waals surface area contributed by atoms with Crippen LogP contribution in [0.5, 0.6) is 11.5 Å². The van der Waals surface area contributed by atoms with Gasteiger partial charge in [0.15, 0.2) is 5.75 Å². The molecule has 2 aromatic rings. The minimum Gasteiger partial charge on any atom is -0.507 e. The van der Waals surface area contributed by atoms with Crippen LogP contribution in [0, 0.1) is 0 Å². The van der Waals surface area contributed by atoms with Gasteiger partial charge in [0.05, 0.1) is 6.61 Å². The first kappa shape index (κ1) is 15.6. The lowest BCUT2D eigenvalue weighted by Crippen LogP contribution is -2.02. The molecule has 0 fully saturated rings. The number of phenols is 1. The Balaban J connectivity index is 1.78. The van der Waals surface area contributed by atoms with Crippen LogP contribution >= 0.6 is 0 Å². The zero-order valence-corrected chi connectivity index (χ0v) is 12.1. The summed E-state index contributed by atoms with van der Waals surface area (Å²) in [4.78, 5) is 9.88. The molecule has 0 saturated carbocycles. The van der Waals surface area contributed by atoms with Gasteiger partial charge in [0.1, 0.15) is 5.75 Å². The third kappa shape index (κ3) is 4.60. The summed E-state index contributed by atoms with van der Waals surface area (Å²) >= 11 is 0. The summed E-state index contributed by atoms with van der Waals surface area (Å²) in [5.41, 5.74) is 0. The molecule has 0 amide bonds. The van der Waals surface area contributed by atoms with Crippen molar-refractivity contribution in [2.45, 2.75) is 32.6 Å². The van der Waals surface area contributed by atoms with Crippen LogP contribution in [0.25, 0.3) is 10.8 Å². The molecule has 21 heavy (non-hydrogen) atoms. The zero-order valence-electron chi connectivity index (χ0n) is 12.1. The summed E-state index contributed by atoms with van der Waals surface area (Å²) in [5.74, 6) is 0.629. The van der Waals surface area contributed by atoms with Crippen LogP contribution < -0.4 is 4.89 Å². The van der Waals surface area contributed by atoms with Gasteiger partial charge >= 0.3 is 0 Å². The number of rotatable bonds is 9. The minimum atomic E-state index is 0.186. The molecule has 0 spiro atoms. The summed E-state index contributed by atoms with van der Waals surface area (Å²) in [6.45, 7) is 2.61. The van der Waals surface area contributed by atoms with Gasteiger partial charge in [-0.1, -0.05) is 50.5 Å². The van der Waals surface area contributed by atoms with Gasteiger partial charge in [-0.2, -0.15) is 0 Å². The van der Waals surface area contributed by atoms with Crippen molar-refractivity contribution in [3.8, 4) is 11.5 Å². The maximum absolute atomic E-state index is 9.76. The van der Waals surface area contributed by atoms with Gasteiger partial charge in [-0.3, -0.25) is 0 Å². The van der Waals surface area contributed by atoms with E-state index in [2.05, 4.69) is 17.0 Å². The second-order valence-corrected chi connectivity index (χ2v) is 4.73. The van der Waals surface area contributed by atoms with Crippen LogP contribution in [-0.2, 0) is 15.0 Å². The van der Waals surface area contributed by atoms with E-state index in [1.807, 2.05) is 18.2 Å². The number of aromatic hydroxyl groups is 1. The summed E-state index contributed by atoms with van der Waals surface area (Å²) < 4.78 is 0. The fraction of sp³-hybridized carbons (Fsp3) is 0.375. The van der Waals surface area contributed by atoms with Gasteiger partial charge in [-0.05, 0) is 23.6 Å². The molecule has 0 aliphatic carbocycles. The highest BCUT2D eigenvalue weighted by Gasteiger charge is 2.07. The van der Waals surface area contributed by atoms with Crippen LogP contribution in [-0.4, -0.2) is 11.7 Å². The summed E-state index contributed by atoms with van der Waals surface area (Å²) in [5, 5.41) is 20.2. The van der Waals surface area contributed by atoms with Gasteiger partial charge in [-0.25, -0.2) is 4.89 Å². The Kier molecular flexibility index (Phi) is 6.27. The van der Waals surface area contributed by atoms with Gasteiger partial charge < -0.3 is 9.99 Å². The summed E-state index contributed by atoms with van der Waals surface area (Å²) in [6.07, 6.45) is 4.37. The van der Waals surface area contributed by atoms with Crippen molar-refractivity contribution in [2.75, 3.05) is 6.61 Å². The Morgan fingerprint density at radius 2 is 1.71 bits per heavy atom. The van der Waals surface area contributed by atoms with Crippen molar-refractivity contribution in [1.29, 1.82) is 0 Å². The van der Waals surface area contributed by atoms with E-state index >= 15 is 0 Å². The minimum absolute atomic E-state index is 0.186. The van der Waals surface area contributed by atoms with Crippen LogP contribution in [0.3, 0.4) is 0 Å². The van der Waals surface area contributed by atoms with E-state index in [1.165, 1.54) is 18.9 Å². The first-order valence-electron chi connectivity index (χ1n) is 7.16. The van der Waals surface area contributed by atoms with Crippen molar-refractivity contribution < 1.29 is 25.0 Å². The Bertz CT molecular complexity index is 555. The van der Waals surface area contributed by atoms with E-state index in [0.29, 0.717) is 17.7 Å². The molecular formula is C16H20O5. The molecule has 0 atom stereocenters. The van der Waals surface area contributed by atoms with Gasteiger partial charge in [0, 0.05) is 15.8 Å². The maximum atomic E-state index is 9.76. The quantitative estimate of drug-likeness (QED) is 0.424. The first-order valence-corrected chi connectivity index (χ1v) is 7.16. The molecule has 2 aromatic carbocycles. The second-order valence-electron chi connectivity index (χ2n) is 4.73. The highest BCUT2D eigenvalue weighted by atomic mass is 17.7. The van der Waals surface area contributed by atoms with E-state index in [4.69, 9.17) is 9.78 Å². The molecule has 0 aliphatic heterocycles. The zero-order chi connectivity index (χ0) is 14.9. The fourth-order valence-corrected chi connectivity index (χ4v) is 2.02. The Labute approximate surface area is 123 Å². The molecular weight excluding hydrogens is 272 g/mol. The first-order chi connectivity index (χ1) is 10.3. The van der Waals surface area contributed by atoms with Crippen molar-refractivity contribution >= 4 is 10.8 Å². The van der Waals surface area contributed by atoms with Gasteiger partial charge in [-0.15, -0.1) is 0 Å². The molecule has 2 rings (SSSR count). The SMILES string of the molecule is CCCCCCOOOOc1ccc(O)c2ccccc12. The van der Waals surface area contributed by atoms with Crippen LogP contribution in [0.4, 0.5) is 0 Å². The molecule has 5 heteroatoms. The molecule has 0 saturated heterocycles. The lowest BCUT2D eigenvalue weighted by molar-refractivity contribution is -0.606. The monoisotopic (exact) mass is 292 g/mol. The molecule has 0 radical (unpaired) electrons. The van der Waals surface area contributed by atoms with Gasteiger partial charge in [0.25, 0.3) is 0 Å². The largest absolute Gasteiger partial charge is 0.507 e. The van der Waals surface area contributed by atoms with Crippen LogP contribution in [0.15, 0.2) is 36.4 Å². The van der Waals surface area contributed by atoms with Gasteiger partial charge in [0.2, 0.25) is 0 Å². The topological polar surface area (TPSA) is 57.2 Å². The number of benzene rings is 2. The predicted octanol–water partition coefficient (Wildman–Crippen LogP) is 4.30. The number of hydrogen-bond donors (Lipinski definition) is 1. The van der Waals surface area contributed by atoms with Crippen LogP contribution in [0.1, 0.15) is 32.6 Å². The average molecular weight is 292 g/mol.